The van der Waals surface area contributed by atoms with Gasteiger partial charge in [-0.05, 0) is 85.9 Å². The molecular weight excluding hydrogens is 744 g/mol. The summed E-state index contributed by atoms with van der Waals surface area (Å²) in [4.78, 5) is 0. The Morgan fingerprint density at radius 1 is 0.855 bits per heavy atom. The largest absolute Gasteiger partial charge is 0.397 e. The first-order valence-corrected chi connectivity index (χ1v) is 21.3. The van der Waals surface area contributed by atoms with Crippen molar-refractivity contribution < 1.29 is 77.0 Å². The van der Waals surface area contributed by atoms with Crippen molar-refractivity contribution in [2.45, 2.75) is 159 Å². The van der Waals surface area contributed by atoms with E-state index in [1.165, 1.54) is 0 Å². The SMILES string of the molecule is C=C(CC[C@@H](C)[C@H]1C[C@@H](O)C2[C@]3(O)C[C@H](O)C4C[C@@H](O)CC[C@]4(C)C3CC[C@@]21C)C(C)CO[C@@H]1OC[C@@H](O)[C@H](OS(=O)(=O)O)[C@H]1O[C@@H]1OC[C@@H](O)[C@H](O)[C@H]1O. The Hall–Kier alpha value is -0.870. The molecular formula is C38H64O16S. The fraction of sp³-hybridized carbons (Fsp3) is 0.947. The summed E-state index contributed by atoms with van der Waals surface area (Å²) in [5, 5.41) is 87.0. The quantitative estimate of drug-likeness (QED) is 0.0956. The van der Waals surface area contributed by atoms with E-state index in [0.717, 1.165) is 31.3 Å². The van der Waals surface area contributed by atoms with Crippen LogP contribution in [0.4, 0.5) is 0 Å². The lowest BCUT2D eigenvalue weighted by molar-refractivity contribution is -0.341. The molecule has 6 fully saturated rings. The standard InChI is InChI=1S/C38H64O16S/c1-18(20(3)15-50-35-32(31(27(43)17-52-35)54-55(47,48)49)53-34-30(45)29(44)26(42)16-51-34)6-7-19(2)22-13-24(40)33-37(22,5)11-9-28-36(4)10-8-21(39)12-23(36)25(41)14-38(28,33)46/h19-35,39-46H,1,6-17H2,2-5H3,(H,47,48,49)/t19-,20?,21+,22-,23?,24-,25+,26-,27-,28?,29+,30-,31+,32-,33?,34+,35-,36+,37-,38+/m1/s1. The van der Waals surface area contributed by atoms with Gasteiger partial charge in [0.05, 0.1) is 43.7 Å². The Balaban J connectivity index is 1.07. The van der Waals surface area contributed by atoms with Crippen LogP contribution >= 0.6 is 0 Å². The Bertz CT molecular complexity index is 1470. The van der Waals surface area contributed by atoms with Crippen LogP contribution in [0.15, 0.2) is 12.2 Å². The molecule has 16 nitrogen and oxygen atoms in total. The summed E-state index contributed by atoms with van der Waals surface area (Å²) in [7, 11) is -5.10. The molecule has 2 aliphatic heterocycles. The van der Waals surface area contributed by atoms with E-state index in [1.54, 1.807) is 0 Å². The fourth-order valence-corrected chi connectivity index (χ4v) is 12.5. The Labute approximate surface area is 323 Å². The normalized spacial score (nSPS) is 50.0. The molecule has 318 valence electrons. The van der Waals surface area contributed by atoms with Gasteiger partial charge in [0, 0.05) is 18.3 Å². The van der Waals surface area contributed by atoms with Gasteiger partial charge in [0.25, 0.3) is 0 Å². The molecule has 17 heteroatoms. The lowest BCUT2D eigenvalue weighted by Crippen LogP contribution is -2.68. The molecule has 0 amide bonds. The zero-order chi connectivity index (χ0) is 40.4. The van der Waals surface area contributed by atoms with Crippen LogP contribution in [0.1, 0.15) is 85.5 Å². The van der Waals surface area contributed by atoms with Crippen LogP contribution in [-0.4, -0.2) is 147 Å². The molecule has 0 aromatic carbocycles. The van der Waals surface area contributed by atoms with E-state index < -0.39 is 96.7 Å². The second-order valence-corrected chi connectivity index (χ2v) is 19.4. The maximum Gasteiger partial charge on any atom is 0.397 e. The summed E-state index contributed by atoms with van der Waals surface area (Å²) in [6.45, 7) is 11.9. The third kappa shape index (κ3) is 8.33. The second-order valence-electron chi connectivity index (χ2n) is 18.3. The van der Waals surface area contributed by atoms with Crippen molar-refractivity contribution in [1.29, 1.82) is 0 Å². The number of aliphatic hydroxyl groups excluding tert-OH is 7. The van der Waals surface area contributed by atoms with Gasteiger partial charge in [-0.15, -0.1) is 0 Å². The van der Waals surface area contributed by atoms with Crippen LogP contribution in [0.5, 0.6) is 0 Å². The molecule has 0 aromatic rings. The molecule has 2 heterocycles. The molecule has 0 bridgehead atoms. The molecule has 4 unspecified atom stereocenters. The molecule has 0 radical (unpaired) electrons. The first-order valence-electron chi connectivity index (χ1n) is 19.9. The highest BCUT2D eigenvalue weighted by atomic mass is 32.3. The van der Waals surface area contributed by atoms with Crippen LogP contribution < -0.4 is 0 Å². The first-order chi connectivity index (χ1) is 25.6. The van der Waals surface area contributed by atoms with Crippen LogP contribution in [-0.2, 0) is 33.5 Å². The van der Waals surface area contributed by atoms with Crippen molar-refractivity contribution >= 4 is 10.4 Å². The van der Waals surface area contributed by atoms with Gasteiger partial charge < -0.3 is 59.8 Å². The Morgan fingerprint density at radius 3 is 2.20 bits per heavy atom. The minimum absolute atomic E-state index is 0.0112. The molecule has 6 rings (SSSR count). The highest BCUT2D eigenvalue weighted by Gasteiger charge is 2.70. The van der Waals surface area contributed by atoms with Crippen molar-refractivity contribution in [3.05, 3.63) is 12.2 Å². The van der Waals surface area contributed by atoms with Gasteiger partial charge in [0.15, 0.2) is 12.6 Å². The summed E-state index contributed by atoms with van der Waals surface area (Å²) in [5.74, 6) is -0.514. The predicted molar refractivity (Wildman–Crippen MR) is 193 cm³/mol. The molecule has 4 saturated carbocycles. The lowest BCUT2D eigenvalue weighted by Gasteiger charge is -2.66. The topological polar surface area (TPSA) is 262 Å². The Kier molecular flexibility index (Phi) is 12.9. The maximum atomic E-state index is 12.6. The molecule has 20 atom stereocenters. The predicted octanol–water partition coefficient (Wildman–Crippen LogP) is 0.417. The monoisotopic (exact) mass is 808 g/mol. The van der Waals surface area contributed by atoms with Gasteiger partial charge >= 0.3 is 10.4 Å². The third-order valence-corrected chi connectivity index (χ3v) is 15.4. The fourth-order valence-electron chi connectivity index (χ4n) is 12.0. The third-order valence-electron chi connectivity index (χ3n) is 14.9. The number of hydrogen-bond donors (Lipinski definition) is 9. The summed E-state index contributed by atoms with van der Waals surface area (Å²) in [6, 6.07) is 0. The van der Waals surface area contributed by atoms with E-state index >= 15 is 0 Å². The van der Waals surface area contributed by atoms with Crippen LogP contribution in [0, 0.1) is 46.3 Å². The van der Waals surface area contributed by atoms with Gasteiger partial charge in [-0.25, -0.2) is 4.18 Å². The highest BCUT2D eigenvalue weighted by molar-refractivity contribution is 7.80. The van der Waals surface area contributed by atoms with Gasteiger partial charge in [0.2, 0.25) is 0 Å². The van der Waals surface area contributed by atoms with E-state index in [2.05, 4.69) is 27.4 Å². The van der Waals surface area contributed by atoms with Gasteiger partial charge in [0.1, 0.15) is 36.6 Å². The highest BCUT2D eigenvalue weighted by Crippen LogP contribution is 2.69. The Morgan fingerprint density at radius 2 is 1.51 bits per heavy atom. The molecule has 0 spiro atoms. The number of ether oxygens (including phenoxy) is 4. The molecule has 6 aliphatic rings. The van der Waals surface area contributed by atoms with E-state index in [4.69, 9.17) is 23.1 Å². The van der Waals surface area contributed by atoms with Crippen molar-refractivity contribution in [2.24, 2.45) is 46.3 Å². The lowest BCUT2D eigenvalue weighted by atomic mass is 9.42. The molecule has 2 saturated heterocycles. The van der Waals surface area contributed by atoms with E-state index in [-0.39, 0.29) is 59.4 Å². The second kappa shape index (κ2) is 16.3. The number of hydrogen-bond acceptors (Lipinski definition) is 15. The van der Waals surface area contributed by atoms with Crippen LogP contribution in [0.2, 0.25) is 0 Å². The smallest absolute Gasteiger partial charge is 0.393 e. The zero-order valence-corrected chi connectivity index (χ0v) is 33.1. The summed E-state index contributed by atoms with van der Waals surface area (Å²) in [5.41, 5.74) is -1.02. The van der Waals surface area contributed by atoms with Crippen molar-refractivity contribution in [1.82, 2.24) is 0 Å². The van der Waals surface area contributed by atoms with Crippen molar-refractivity contribution in [3.63, 3.8) is 0 Å². The number of fused-ring (bicyclic) bond motifs is 5. The molecule has 4 aliphatic carbocycles. The summed E-state index contributed by atoms with van der Waals surface area (Å²) < 4.78 is 60.2. The van der Waals surface area contributed by atoms with Gasteiger partial charge in [-0.3, -0.25) is 4.55 Å². The van der Waals surface area contributed by atoms with Crippen molar-refractivity contribution in [2.75, 3.05) is 19.8 Å². The van der Waals surface area contributed by atoms with Gasteiger partial charge in [-0.1, -0.05) is 39.8 Å². The minimum atomic E-state index is -5.10. The maximum absolute atomic E-state index is 12.6. The zero-order valence-electron chi connectivity index (χ0n) is 32.3. The average Bonchev–Trinajstić information content (AvgIpc) is 3.39. The van der Waals surface area contributed by atoms with Crippen LogP contribution in [0.3, 0.4) is 0 Å². The number of rotatable bonds is 12. The molecule has 0 aromatic heterocycles. The minimum Gasteiger partial charge on any atom is -0.393 e. The first kappa shape index (κ1) is 43.7. The van der Waals surface area contributed by atoms with E-state index in [9.17, 15) is 53.8 Å². The molecule has 9 N–H and O–H groups in total. The summed E-state index contributed by atoms with van der Waals surface area (Å²) >= 11 is 0. The molecule has 55 heavy (non-hydrogen) atoms. The van der Waals surface area contributed by atoms with Crippen LogP contribution in [0.25, 0.3) is 0 Å². The summed E-state index contributed by atoms with van der Waals surface area (Å²) in [6.07, 6.45) is -8.94. The van der Waals surface area contributed by atoms with E-state index in [0.29, 0.717) is 25.7 Å². The van der Waals surface area contributed by atoms with E-state index in [1.807, 2.05) is 6.92 Å². The van der Waals surface area contributed by atoms with Crippen molar-refractivity contribution in [3.8, 4) is 0 Å². The van der Waals surface area contributed by atoms with Gasteiger partial charge in [-0.2, -0.15) is 8.42 Å². The number of aliphatic hydroxyl groups is 8. The average molecular weight is 809 g/mol.